The summed E-state index contributed by atoms with van der Waals surface area (Å²) in [4.78, 5) is 24.0. The molecule has 1 heterocycles. The van der Waals surface area contributed by atoms with Crippen molar-refractivity contribution >= 4 is 11.8 Å². The minimum absolute atomic E-state index is 0.0379. The molecule has 0 aromatic heterocycles. The second-order valence-electron chi connectivity index (χ2n) is 4.62. The molecule has 2 amide bonds. The maximum Gasteiger partial charge on any atom is 0.256 e. The van der Waals surface area contributed by atoms with Crippen LogP contribution in [0.3, 0.4) is 0 Å². The van der Waals surface area contributed by atoms with E-state index in [0.717, 1.165) is 0 Å². The van der Waals surface area contributed by atoms with Crippen LogP contribution >= 0.6 is 0 Å². The summed E-state index contributed by atoms with van der Waals surface area (Å²) in [7, 11) is 0. The molecule has 3 heteroatoms. The van der Waals surface area contributed by atoms with Crippen LogP contribution in [0, 0.1) is 5.41 Å². The Morgan fingerprint density at radius 2 is 1.85 bits per heavy atom. The number of hydrogen-bond acceptors (Lipinski definition) is 2. The zero-order chi connectivity index (χ0) is 10.2. The van der Waals surface area contributed by atoms with Gasteiger partial charge in [-0.15, -0.1) is 0 Å². The van der Waals surface area contributed by atoms with E-state index >= 15 is 0 Å². The lowest BCUT2D eigenvalue weighted by Crippen LogP contribution is -2.37. The van der Waals surface area contributed by atoms with Crippen molar-refractivity contribution in [2.75, 3.05) is 6.54 Å². The van der Waals surface area contributed by atoms with Crippen molar-refractivity contribution < 1.29 is 9.59 Å². The summed E-state index contributed by atoms with van der Waals surface area (Å²) in [5.74, 6) is -0.336. The molecule has 1 rings (SSSR count). The molecule has 72 valence electrons. The first-order chi connectivity index (χ1) is 5.81. The van der Waals surface area contributed by atoms with E-state index in [2.05, 4.69) is 0 Å². The number of hydrogen-bond donors (Lipinski definition) is 0. The smallest absolute Gasteiger partial charge is 0.256 e. The van der Waals surface area contributed by atoms with Crippen LogP contribution in [0.25, 0.3) is 0 Å². The molecule has 0 saturated heterocycles. The molecular weight excluding hydrogens is 166 g/mol. The lowest BCUT2D eigenvalue weighted by molar-refractivity contribution is -0.138. The van der Waals surface area contributed by atoms with Crippen LogP contribution in [0.15, 0.2) is 11.6 Å². The number of amides is 2. The van der Waals surface area contributed by atoms with Crippen LogP contribution in [0.1, 0.15) is 27.7 Å². The van der Waals surface area contributed by atoms with Gasteiger partial charge in [0.15, 0.2) is 0 Å². The molecule has 3 nitrogen and oxygen atoms in total. The zero-order valence-electron chi connectivity index (χ0n) is 8.55. The van der Waals surface area contributed by atoms with Crippen molar-refractivity contribution in [2.45, 2.75) is 27.7 Å². The molecule has 0 radical (unpaired) electrons. The summed E-state index contributed by atoms with van der Waals surface area (Å²) < 4.78 is 0. The Kier molecular flexibility index (Phi) is 2.28. The molecule has 0 aromatic rings. The van der Waals surface area contributed by atoms with Gasteiger partial charge < -0.3 is 0 Å². The van der Waals surface area contributed by atoms with Crippen LogP contribution in [-0.2, 0) is 9.59 Å². The van der Waals surface area contributed by atoms with Gasteiger partial charge in [0.1, 0.15) is 0 Å². The van der Waals surface area contributed by atoms with Gasteiger partial charge in [-0.2, -0.15) is 0 Å². The van der Waals surface area contributed by atoms with Gasteiger partial charge >= 0.3 is 0 Å². The fraction of sp³-hybridized carbons (Fsp3) is 0.600. The maximum absolute atomic E-state index is 11.4. The van der Waals surface area contributed by atoms with Crippen LogP contribution in [0.2, 0.25) is 0 Å². The van der Waals surface area contributed by atoms with Gasteiger partial charge in [0.2, 0.25) is 0 Å². The minimum atomic E-state index is -0.183. The highest BCUT2D eigenvalue weighted by Crippen LogP contribution is 2.20. The quantitative estimate of drug-likeness (QED) is 0.572. The molecule has 0 aliphatic carbocycles. The normalized spacial score (nSPS) is 18.2. The Labute approximate surface area is 78.4 Å². The molecule has 0 unspecified atom stereocenters. The first kappa shape index (κ1) is 9.96. The Hall–Kier alpha value is -1.12. The van der Waals surface area contributed by atoms with Gasteiger partial charge in [0.05, 0.1) is 0 Å². The van der Waals surface area contributed by atoms with Crippen molar-refractivity contribution in [3.8, 4) is 0 Å². The van der Waals surface area contributed by atoms with E-state index in [4.69, 9.17) is 0 Å². The molecule has 0 bridgehead atoms. The van der Waals surface area contributed by atoms with Crippen molar-refractivity contribution in [1.82, 2.24) is 4.90 Å². The van der Waals surface area contributed by atoms with Gasteiger partial charge in [0, 0.05) is 18.2 Å². The molecule has 0 fully saturated rings. The third-order valence-electron chi connectivity index (χ3n) is 1.82. The predicted octanol–water partition coefficient (Wildman–Crippen LogP) is 1.35. The summed E-state index contributed by atoms with van der Waals surface area (Å²) in [6, 6.07) is 0. The van der Waals surface area contributed by atoms with E-state index in [1.54, 1.807) is 6.92 Å². The van der Waals surface area contributed by atoms with E-state index in [1.807, 2.05) is 20.8 Å². The second-order valence-corrected chi connectivity index (χ2v) is 4.62. The Balaban J connectivity index is 2.75. The first-order valence-corrected chi connectivity index (χ1v) is 4.35. The summed E-state index contributed by atoms with van der Waals surface area (Å²) in [6.45, 7) is 8.16. The number of nitrogens with zero attached hydrogens (tertiary/aromatic N) is 1. The highest BCUT2D eigenvalue weighted by molar-refractivity contribution is 6.15. The Morgan fingerprint density at radius 1 is 1.31 bits per heavy atom. The topological polar surface area (TPSA) is 37.4 Å². The van der Waals surface area contributed by atoms with E-state index in [1.165, 1.54) is 11.0 Å². The number of rotatable bonds is 1. The van der Waals surface area contributed by atoms with E-state index in [9.17, 15) is 9.59 Å². The van der Waals surface area contributed by atoms with Gasteiger partial charge in [-0.25, -0.2) is 0 Å². The standard InChI is InChI=1S/C10H15NO2/c1-7-5-8(12)11(9(7)13)6-10(2,3)4/h5H,6H2,1-4H3. The Bertz CT molecular complexity index is 284. The molecular formula is C10H15NO2. The summed E-state index contributed by atoms with van der Waals surface area (Å²) >= 11 is 0. The van der Waals surface area contributed by atoms with E-state index < -0.39 is 0 Å². The maximum atomic E-state index is 11.4. The largest absolute Gasteiger partial charge is 0.275 e. The van der Waals surface area contributed by atoms with Crippen LogP contribution in [0.5, 0.6) is 0 Å². The first-order valence-electron chi connectivity index (χ1n) is 4.35. The molecule has 0 saturated carbocycles. The number of carbonyl (C=O) groups excluding carboxylic acids is 2. The van der Waals surface area contributed by atoms with Gasteiger partial charge in [-0.05, 0) is 12.3 Å². The highest BCUT2D eigenvalue weighted by Gasteiger charge is 2.31. The van der Waals surface area contributed by atoms with Gasteiger partial charge in [0.25, 0.3) is 11.8 Å². The fourth-order valence-electron chi connectivity index (χ4n) is 1.26. The second kappa shape index (κ2) is 2.98. The molecule has 0 atom stereocenters. The van der Waals surface area contributed by atoms with E-state index in [0.29, 0.717) is 12.1 Å². The van der Waals surface area contributed by atoms with Crippen LogP contribution in [-0.4, -0.2) is 23.3 Å². The third-order valence-corrected chi connectivity index (χ3v) is 1.82. The molecule has 0 spiro atoms. The van der Waals surface area contributed by atoms with Crippen molar-refractivity contribution in [1.29, 1.82) is 0 Å². The van der Waals surface area contributed by atoms with Gasteiger partial charge in [-0.1, -0.05) is 20.8 Å². The average Bonchev–Trinajstić information content (AvgIpc) is 2.14. The monoisotopic (exact) mass is 181 g/mol. The molecule has 0 aromatic carbocycles. The number of imide groups is 1. The zero-order valence-corrected chi connectivity index (χ0v) is 8.55. The summed E-state index contributed by atoms with van der Waals surface area (Å²) in [5, 5.41) is 0. The lowest BCUT2D eigenvalue weighted by atomic mass is 9.96. The highest BCUT2D eigenvalue weighted by atomic mass is 16.2. The third kappa shape index (κ3) is 2.17. The summed E-state index contributed by atoms with van der Waals surface area (Å²) in [6.07, 6.45) is 1.40. The Morgan fingerprint density at radius 3 is 2.15 bits per heavy atom. The number of carbonyl (C=O) groups is 2. The molecule has 0 N–H and O–H groups in total. The molecule has 1 aliphatic heterocycles. The van der Waals surface area contributed by atoms with Crippen LogP contribution < -0.4 is 0 Å². The van der Waals surface area contributed by atoms with Crippen molar-refractivity contribution in [3.63, 3.8) is 0 Å². The minimum Gasteiger partial charge on any atom is -0.275 e. The van der Waals surface area contributed by atoms with E-state index in [-0.39, 0.29) is 17.2 Å². The van der Waals surface area contributed by atoms with Crippen molar-refractivity contribution in [2.24, 2.45) is 5.41 Å². The fourth-order valence-corrected chi connectivity index (χ4v) is 1.26. The van der Waals surface area contributed by atoms with Gasteiger partial charge in [-0.3, -0.25) is 14.5 Å². The summed E-state index contributed by atoms with van der Waals surface area (Å²) in [5.41, 5.74) is 0.498. The van der Waals surface area contributed by atoms with Crippen molar-refractivity contribution in [3.05, 3.63) is 11.6 Å². The van der Waals surface area contributed by atoms with Crippen LogP contribution in [0.4, 0.5) is 0 Å². The lowest BCUT2D eigenvalue weighted by Gasteiger charge is -2.24. The SMILES string of the molecule is CC1=CC(=O)N(CC(C)(C)C)C1=O. The molecule has 1 aliphatic rings. The predicted molar refractivity (Wildman–Crippen MR) is 49.9 cm³/mol. The molecule has 13 heavy (non-hydrogen) atoms. The average molecular weight is 181 g/mol.